The number of hydrogen-bond acceptors (Lipinski definition) is 3. The molecule has 0 bridgehead atoms. The molecule has 19 heavy (non-hydrogen) atoms. The Bertz CT molecular complexity index is 600. The van der Waals surface area contributed by atoms with E-state index in [2.05, 4.69) is 4.98 Å². The van der Waals surface area contributed by atoms with Gasteiger partial charge in [0.2, 0.25) is 0 Å². The molecule has 94 valence electrons. The summed E-state index contributed by atoms with van der Waals surface area (Å²) in [5.41, 5.74) is 1.62. The van der Waals surface area contributed by atoms with Crippen LogP contribution in [0.3, 0.4) is 0 Å². The molecule has 0 atom stereocenters. The highest BCUT2D eigenvalue weighted by atomic mass is 16.2. The summed E-state index contributed by atoms with van der Waals surface area (Å²) >= 11 is 0. The largest absolute Gasteiger partial charge is 0.307 e. The van der Waals surface area contributed by atoms with Crippen molar-refractivity contribution in [1.82, 2.24) is 4.98 Å². The van der Waals surface area contributed by atoms with Gasteiger partial charge in [0.15, 0.2) is 0 Å². The third kappa shape index (κ3) is 2.78. The number of carbonyl (C=O) groups excluding carboxylic acids is 1. The van der Waals surface area contributed by atoms with Crippen molar-refractivity contribution in [3.63, 3.8) is 0 Å². The Kier molecular flexibility index (Phi) is 3.89. The minimum absolute atomic E-state index is 0.168. The van der Waals surface area contributed by atoms with Crippen molar-refractivity contribution in [2.45, 2.75) is 6.92 Å². The quantitative estimate of drug-likeness (QED) is 0.842. The van der Waals surface area contributed by atoms with Crippen LogP contribution in [0.15, 0.2) is 48.7 Å². The standard InChI is InChI=1S/C15H13N3O/c1-2-18(13-6-4-3-5-7-13)15(19)14-9-8-12(10-16)11-17-14/h3-9,11H,2H2,1H3. The zero-order chi connectivity index (χ0) is 13.7. The predicted octanol–water partition coefficient (Wildman–Crippen LogP) is 2.62. The first-order valence-electron chi connectivity index (χ1n) is 5.99. The number of rotatable bonds is 3. The smallest absolute Gasteiger partial charge is 0.276 e. The number of benzene rings is 1. The van der Waals surface area contributed by atoms with Crippen LogP contribution in [0.4, 0.5) is 5.69 Å². The van der Waals surface area contributed by atoms with Crippen LogP contribution in [-0.2, 0) is 0 Å². The first kappa shape index (κ1) is 12.8. The maximum atomic E-state index is 12.4. The second kappa shape index (κ2) is 5.78. The van der Waals surface area contributed by atoms with E-state index < -0.39 is 0 Å². The summed E-state index contributed by atoms with van der Waals surface area (Å²) in [6.07, 6.45) is 1.41. The van der Waals surface area contributed by atoms with E-state index in [1.807, 2.05) is 43.3 Å². The fraction of sp³-hybridized carbons (Fsp3) is 0.133. The van der Waals surface area contributed by atoms with Gasteiger partial charge in [0.1, 0.15) is 11.8 Å². The average Bonchev–Trinajstić information content (AvgIpc) is 2.49. The summed E-state index contributed by atoms with van der Waals surface area (Å²) in [7, 11) is 0. The Morgan fingerprint density at radius 2 is 2.00 bits per heavy atom. The normalized spacial score (nSPS) is 9.68. The molecule has 0 aliphatic carbocycles. The fourth-order valence-corrected chi connectivity index (χ4v) is 1.78. The Labute approximate surface area is 111 Å². The molecule has 0 saturated heterocycles. The van der Waals surface area contributed by atoms with Gasteiger partial charge in [-0.15, -0.1) is 0 Å². The summed E-state index contributed by atoms with van der Waals surface area (Å²) < 4.78 is 0. The van der Waals surface area contributed by atoms with Crippen LogP contribution < -0.4 is 4.90 Å². The monoisotopic (exact) mass is 251 g/mol. The Balaban J connectivity index is 2.28. The van der Waals surface area contributed by atoms with E-state index in [9.17, 15) is 4.79 Å². The van der Waals surface area contributed by atoms with Crippen molar-refractivity contribution in [3.8, 4) is 6.07 Å². The van der Waals surface area contributed by atoms with Gasteiger partial charge < -0.3 is 4.90 Å². The van der Waals surface area contributed by atoms with Crippen molar-refractivity contribution in [1.29, 1.82) is 5.26 Å². The van der Waals surface area contributed by atoms with E-state index >= 15 is 0 Å². The predicted molar refractivity (Wildman–Crippen MR) is 72.7 cm³/mol. The molecule has 0 N–H and O–H groups in total. The number of anilines is 1. The van der Waals surface area contributed by atoms with E-state index in [4.69, 9.17) is 5.26 Å². The van der Waals surface area contributed by atoms with E-state index in [0.29, 0.717) is 17.8 Å². The Hall–Kier alpha value is -2.67. The summed E-state index contributed by atoms with van der Waals surface area (Å²) in [6.45, 7) is 2.47. The zero-order valence-corrected chi connectivity index (χ0v) is 10.6. The van der Waals surface area contributed by atoms with Gasteiger partial charge in [-0.05, 0) is 31.2 Å². The van der Waals surface area contributed by atoms with Gasteiger partial charge in [-0.3, -0.25) is 4.79 Å². The maximum Gasteiger partial charge on any atom is 0.276 e. The van der Waals surface area contributed by atoms with Crippen LogP contribution in [0.1, 0.15) is 23.0 Å². The average molecular weight is 251 g/mol. The Morgan fingerprint density at radius 1 is 1.26 bits per heavy atom. The summed E-state index contributed by atoms with van der Waals surface area (Å²) in [6, 6.07) is 14.6. The topological polar surface area (TPSA) is 57.0 Å². The molecule has 1 aromatic carbocycles. The first-order valence-corrected chi connectivity index (χ1v) is 5.99. The van der Waals surface area contributed by atoms with E-state index in [0.717, 1.165) is 5.69 Å². The molecule has 2 rings (SSSR count). The van der Waals surface area contributed by atoms with Crippen LogP contribution in [0.5, 0.6) is 0 Å². The van der Waals surface area contributed by atoms with Gasteiger partial charge in [0, 0.05) is 18.4 Å². The minimum Gasteiger partial charge on any atom is -0.307 e. The highest BCUT2D eigenvalue weighted by Crippen LogP contribution is 2.15. The van der Waals surface area contributed by atoms with Crippen molar-refractivity contribution in [2.24, 2.45) is 0 Å². The van der Waals surface area contributed by atoms with Gasteiger partial charge in [-0.2, -0.15) is 5.26 Å². The highest BCUT2D eigenvalue weighted by molar-refractivity contribution is 6.04. The van der Waals surface area contributed by atoms with Gasteiger partial charge in [0.05, 0.1) is 5.56 Å². The number of pyridine rings is 1. The second-order valence-electron chi connectivity index (χ2n) is 3.93. The highest BCUT2D eigenvalue weighted by Gasteiger charge is 2.16. The maximum absolute atomic E-state index is 12.4. The van der Waals surface area contributed by atoms with E-state index in [-0.39, 0.29) is 5.91 Å². The first-order chi connectivity index (χ1) is 9.26. The number of aromatic nitrogens is 1. The molecular formula is C15H13N3O. The van der Waals surface area contributed by atoms with Crippen molar-refractivity contribution >= 4 is 11.6 Å². The van der Waals surface area contributed by atoms with Crippen LogP contribution in [0, 0.1) is 11.3 Å². The third-order valence-electron chi connectivity index (χ3n) is 2.74. The minimum atomic E-state index is -0.168. The third-order valence-corrected chi connectivity index (χ3v) is 2.74. The molecule has 4 heteroatoms. The molecule has 2 aromatic rings. The molecule has 4 nitrogen and oxygen atoms in total. The number of nitrogens with zero attached hydrogens (tertiary/aromatic N) is 3. The molecule has 0 saturated carbocycles. The van der Waals surface area contributed by atoms with Gasteiger partial charge in [-0.25, -0.2) is 4.98 Å². The molecule has 1 heterocycles. The number of hydrogen-bond donors (Lipinski definition) is 0. The molecule has 1 aromatic heterocycles. The lowest BCUT2D eigenvalue weighted by Gasteiger charge is -2.20. The molecule has 0 radical (unpaired) electrons. The number of carbonyl (C=O) groups is 1. The number of amides is 1. The lowest BCUT2D eigenvalue weighted by Crippen LogP contribution is -2.31. The van der Waals surface area contributed by atoms with E-state index in [1.165, 1.54) is 6.20 Å². The molecule has 0 aliphatic heterocycles. The van der Waals surface area contributed by atoms with Gasteiger partial charge in [0.25, 0.3) is 5.91 Å². The Morgan fingerprint density at radius 3 is 2.53 bits per heavy atom. The van der Waals surface area contributed by atoms with Crippen molar-refractivity contribution in [2.75, 3.05) is 11.4 Å². The molecular weight excluding hydrogens is 238 g/mol. The van der Waals surface area contributed by atoms with Crippen molar-refractivity contribution in [3.05, 3.63) is 59.9 Å². The van der Waals surface area contributed by atoms with Gasteiger partial charge in [-0.1, -0.05) is 18.2 Å². The second-order valence-corrected chi connectivity index (χ2v) is 3.93. The molecule has 0 unspecified atom stereocenters. The SMILES string of the molecule is CCN(C(=O)c1ccc(C#N)cn1)c1ccccc1. The van der Waals surface area contributed by atoms with Crippen LogP contribution in [-0.4, -0.2) is 17.4 Å². The summed E-state index contributed by atoms with van der Waals surface area (Å²) in [4.78, 5) is 18.0. The summed E-state index contributed by atoms with van der Waals surface area (Å²) in [5.74, 6) is -0.168. The molecule has 0 spiro atoms. The fourth-order valence-electron chi connectivity index (χ4n) is 1.78. The van der Waals surface area contributed by atoms with Crippen LogP contribution in [0.2, 0.25) is 0 Å². The zero-order valence-electron chi connectivity index (χ0n) is 10.6. The molecule has 0 fully saturated rings. The lowest BCUT2D eigenvalue weighted by molar-refractivity contribution is 0.0983. The molecule has 0 aliphatic rings. The molecule has 1 amide bonds. The summed E-state index contributed by atoms with van der Waals surface area (Å²) in [5, 5.41) is 8.72. The van der Waals surface area contributed by atoms with Gasteiger partial charge >= 0.3 is 0 Å². The number of para-hydroxylation sites is 1. The lowest BCUT2D eigenvalue weighted by atomic mass is 10.2. The number of nitriles is 1. The van der Waals surface area contributed by atoms with Crippen molar-refractivity contribution < 1.29 is 4.79 Å². The van der Waals surface area contributed by atoms with Crippen LogP contribution >= 0.6 is 0 Å². The van der Waals surface area contributed by atoms with E-state index in [1.54, 1.807) is 17.0 Å². The van der Waals surface area contributed by atoms with Crippen LogP contribution in [0.25, 0.3) is 0 Å².